The second-order valence-corrected chi connectivity index (χ2v) is 9.79. The highest BCUT2D eigenvalue weighted by atomic mass is 35.5. The molecular formula is C23H34ClF2N4O2+. The van der Waals surface area contributed by atoms with E-state index in [1.165, 1.54) is 0 Å². The molecule has 1 saturated carbocycles. The molecule has 32 heavy (non-hydrogen) atoms. The molecule has 1 aliphatic carbocycles. The predicted molar refractivity (Wildman–Crippen MR) is 120 cm³/mol. The van der Waals surface area contributed by atoms with Gasteiger partial charge in [-0.3, -0.25) is 4.79 Å². The molecule has 0 aromatic heterocycles. The topological polar surface area (TPSA) is 112 Å². The van der Waals surface area contributed by atoms with Crippen LogP contribution in [0.15, 0.2) is 18.2 Å². The first-order valence-corrected chi connectivity index (χ1v) is 11.8. The average molecular weight is 472 g/mol. The van der Waals surface area contributed by atoms with Crippen molar-refractivity contribution in [3.05, 3.63) is 34.3 Å². The van der Waals surface area contributed by atoms with Gasteiger partial charge in [0.2, 0.25) is 0 Å². The molecule has 1 saturated heterocycles. The SMILES string of the molecule is NC(=O)[C@@H]1CCC[N+]1(Cc1cc(Cl)ccc1CC(N)C(F)F)C(=O)[C@H](N)C1CCCCC1. The molecule has 0 radical (unpaired) electrons. The van der Waals surface area contributed by atoms with Crippen LogP contribution in [0.3, 0.4) is 0 Å². The fourth-order valence-electron chi connectivity index (χ4n) is 5.47. The average Bonchev–Trinajstić information content (AvgIpc) is 3.20. The van der Waals surface area contributed by atoms with Gasteiger partial charge in [-0.15, -0.1) is 0 Å². The number of hydrogen-bond acceptors (Lipinski definition) is 4. The summed E-state index contributed by atoms with van der Waals surface area (Å²) in [7, 11) is 0. The van der Waals surface area contributed by atoms with E-state index in [1.54, 1.807) is 18.2 Å². The van der Waals surface area contributed by atoms with Crippen molar-refractivity contribution < 1.29 is 22.9 Å². The standard InChI is InChI=1S/C23H33ClF2N4O2/c24-17-9-8-15(12-18(27)21(25)26)16(11-17)13-30(10-4-7-19(30)22(29)31)23(32)20(28)14-5-2-1-3-6-14/h8-9,11,14,18-21H,1-7,10,12-13,27-28H2,(H-,29,31)/p+1/t18?,19-,20+,30?/m0/s1. The van der Waals surface area contributed by atoms with Crippen LogP contribution >= 0.6 is 11.6 Å². The summed E-state index contributed by atoms with van der Waals surface area (Å²) in [5, 5.41) is 0.423. The van der Waals surface area contributed by atoms with E-state index < -0.39 is 30.5 Å². The highest BCUT2D eigenvalue weighted by Gasteiger charge is 2.53. The molecule has 2 unspecified atom stereocenters. The Hall–Kier alpha value is -1.61. The van der Waals surface area contributed by atoms with Crippen molar-refractivity contribution in [3.63, 3.8) is 0 Å². The van der Waals surface area contributed by atoms with Crippen LogP contribution in [0.2, 0.25) is 5.02 Å². The van der Waals surface area contributed by atoms with Gasteiger partial charge in [0, 0.05) is 23.4 Å². The van der Waals surface area contributed by atoms with Gasteiger partial charge in [-0.05, 0) is 42.9 Å². The Morgan fingerprint density at radius 1 is 1.06 bits per heavy atom. The predicted octanol–water partition coefficient (Wildman–Crippen LogP) is 2.87. The minimum Gasteiger partial charge on any atom is -0.364 e. The number of hydrogen-bond donors (Lipinski definition) is 3. The summed E-state index contributed by atoms with van der Waals surface area (Å²) in [5.41, 5.74) is 19.1. The minimum absolute atomic E-state index is 0.0612. The van der Waals surface area contributed by atoms with Gasteiger partial charge in [0.25, 0.3) is 12.3 Å². The Balaban J connectivity index is 1.98. The Morgan fingerprint density at radius 2 is 1.75 bits per heavy atom. The lowest BCUT2D eigenvalue weighted by Crippen LogP contribution is -2.65. The lowest BCUT2D eigenvalue weighted by Gasteiger charge is -2.40. The number of nitrogens with two attached hydrogens (primary N) is 3. The molecule has 0 spiro atoms. The molecule has 3 rings (SSSR count). The smallest absolute Gasteiger partial charge is 0.331 e. The van der Waals surface area contributed by atoms with Crippen molar-refractivity contribution in [3.8, 4) is 0 Å². The van der Waals surface area contributed by atoms with Crippen molar-refractivity contribution in [1.82, 2.24) is 0 Å². The zero-order valence-electron chi connectivity index (χ0n) is 18.3. The molecule has 9 heteroatoms. The Labute approximate surface area is 193 Å². The first-order chi connectivity index (χ1) is 15.2. The van der Waals surface area contributed by atoms with Gasteiger partial charge in [-0.2, -0.15) is 0 Å². The Kier molecular flexibility index (Phi) is 8.25. The molecule has 2 fully saturated rings. The first-order valence-electron chi connectivity index (χ1n) is 11.4. The van der Waals surface area contributed by atoms with Gasteiger partial charge in [-0.25, -0.2) is 18.1 Å². The quantitative estimate of drug-likeness (QED) is 0.506. The molecule has 6 N–H and O–H groups in total. The van der Waals surface area contributed by atoms with Gasteiger partial charge in [-0.1, -0.05) is 36.9 Å². The molecule has 2 aliphatic rings. The number of carbonyl (C=O) groups is 2. The van der Waals surface area contributed by atoms with Gasteiger partial charge in [0.1, 0.15) is 12.6 Å². The molecular weight excluding hydrogens is 438 g/mol. The molecule has 1 heterocycles. The number of primary amides is 1. The molecule has 4 atom stereocenters. The fourth-order valence-corrected chi connectivity index (χ4v) is 5.66. The van der Waals surface area contributed by atoms with Crippen molar-refractivity contribution in [1.29, 1.82) is 0 Å². The molecule has 1 aliphatic heterocycles. The zero-order valence-corrected chi connectivity index (χ0v) is 19.1. The fraction of sp³-hybridized carbons (Fsp3) is 0.652. The van der Waals surface area contributed by atoms with Crippen LogP contribution in [0.4, 0.5) is 8.78 Å². The number of carbonyl (C=O) groups excluding carboxylic acids is 2. The Bertz CT molecular complexity index is 834. The van der Waals surface area contributed by atoms with E-state index in [9.17, 15) is 18.4 Å². The monoisotopic (exact) mass is 471 g/mol. The highest BCUT2D eigenvalue weighted by molar-refractivity contribution is 6.30. The van der Waals surface area contributed by atoms with E-state index in [1.807, 2.05) is 0 Å². The second kappa shape index (κ2) is 10.5. The lowest BCUT2D eigenvalue weighted by atomic mass is 9.83. The lowest BCUT2D eigenvalue weighted by molar-refractivity contribution is -0.871. The number of benzene rings is 1. The summed E-state index contributed by atoms with van der Waals surface area (Å²) in [5.74, 6) is -0.659. The summed E-state index contributed by atoms with van der Waals surface area (Å²) < 4.78 is 26.1. The summed E-state index contributed by atoms with van der Waals surface area (Å²) >= 11 is 6.22. The number of alkyl halides is 2. The van der Waals surface area contributed by atoms with E-state index in [0.717, 1.165) is 32.1 Å². The van der Waals surface area contributed by atoms with Crippen molar-refractivity contribution in [2.45, 2.75) is 82.5 Å². The maximum Gasteiger partial charge on any atom is 0.331 e. The minimum atomic E-state index is -2.67. The van der Waals surface area contributed by atoms with E-state index in [4.69, 9.17) is 28.8 Å². The van der Waals surface area contributed by atoms with Crippen LogP contribution in [0.5, 0.6) is 0 Å². The van der Waals surface area contributed by atoms with Crippen LogP contribution in [-0.4, -0.2) is 47.4 Å². The summed E-state index contributed by atoms with van der Waals surface area (Å²) in [6, 6.07) is 2.22. The molecule has 0 bridgehead atoms. The number of likely N-dealkylation sites (tertiary alicyclic amines) is 1. The van der Waals surface area contributed by atoms with Gasteiger partial charge < -0.3 is 17.2 Å². The van der Waals surface area contributed by atoms with E-state index >= 15 is 0 Å². The highest BCUT2D eigenvalue weighted by Crippen LogP contribution is 2.36. The van der Waals surface area contributed by atoms with Crippen molar-refractivity contribution in [2.75, 3.05) is 6.54 Å². The Morgan fingerprint density at radius 3 is 2.38 bits per heavy atom. The number of nitrogens with zero attached hydrogens (tertiary/aromatic N) is 1. The van der Waals surface area contributed by atoms with E-state index in [-0.39, 0.29) is 29.3 Å². The largest absolute Gasteiger partial charge is 0.364 e. The normalized spacial score (nSPS) is 26.2. The van der Waals surface area contributed by atoms with Gasteiger partial charge in [0.05, 0.1) is 12.6 Å². The third-order valence-corrected chi connectivity index (χ3v) is 7.48. The van der Waals surface area contributed by atoms with E-state index in [0.29, 0.717) is 35.5 Å². The van der Waals surface area contributed by atoms with Crippen LogP contribution in [0.1, 0.15) is 56.1 Å². The van der Waals surface area contributed by atoms with Gasteiger partial charge >= 0.3 is 5.91 Å². The summed E-state index contributed by atoms with van der Waals surface area (Å²) in [6.45, 7) is 0.568. The van der Waals surface area contributed by atoms with Crippen LogP contribution in [0.25, 0.3) is 0 Å². The number of amides is 2. The third-order valence-electron chi connectivity index (χ3n) is 7.24. The van der Waals surface area contributed by atoms with Crippen molar-refractivity contribution >= 4 is 23.4 Å². The third kappa shape index (κ3) is 5.30. The molecule has 2 amide bonds. The maximum absolute atomic E-state index is 13.9. The summed E-state index contributed by atoms with van der Waals surface area (Å²) in [6.07, 6.45) is 3.40. The molecule has 1 aromatic rings. The maximum atomic E-state index is 13.9. The number of rotatable bonds is 8. The number of halogens is 3. The van der Waals surface area contributed by atoms with E-state index in [2.05, 4.69) is 0 Å². The molecule has 6 nitrogen and oxygen atoms in total. The van der Waals surface area contributed by atoms with Crippen molar-refractivity contribution in [2.24, 2.45) is 23.1 Å². The van der Waals surface area contributed by atoms with Crippen LogP contribution < -0.4 is 17.2 Å². The van der Waals surface area contributed by atoms with Crippen LogP contribution in [-0.2, 0) is 22.6 Å². The number of quaternary nitrogens is 1. The molecule has 178 valence electrons. The van der Waals surface area contributed by atoms with Crippen LogP contribution in [0, 0.1) is 5.92 Å². The summed E-state index contributed by atoms with van der Waals surface area (Å²) in [4.78, 5) is 26.3. The molecule has 1 aromatic carbocycles. The van der Waals surface area contributed by atoms with Gasteiger partial charge in [0.15, 0.2) is 6.04 Å². The second-order valence-electron chi connectivity index (χ2n) is 9.35. The zero-order chi connectivity index (χ0) is 23.5. The first kappa shape index (κ1) is 25.0.